The van der Waals surface area contributed by atoms with Crippen LogP contribution in [0.5, 0.6) is 11.5 Å². The number of nitro groups is 1. The maximum absolute atomic E-state index is 11.8. The molecule has 0 bridgehead atoms. The molecule has 0 aliphatic rings. The molecule has 3 aromatic rings. The lowest BCUT2D eigenvalue weighted by Gasteiger charge is -2.10. The molecule has 0 saturated carbocycles. The largest absolute Gasteiger partial charge is 0.496 e. The Morgan fingerprint density at radius 1 is 1.15 bits per heavy atom. The summed E-state index contributed by atoms with van der Waals surface area (Å²) < 4.78 is 15.9. The highest BCUT2D eigenvalue weighted by Crippen LogP contribution is 2.32. The third-order valence-electron chi connectivity index (χ3n) is 4.05. The van der Waals surface area contributed by atoms with Crippen molar-refractivity contribution in [2.75, 3.05) is 7.11 Å². The molecular weight excluding hydrogens is 338 g/mol. The lowest BCUT2D eigenvalue weighted by Crippen LogP contribution is -2.05. The minimum absolute atomic E-state index is 0.000735. The van der Waals surface area contributed by atoms with Gasteiger partial charge in [-0.1, -0.05) is 19.1 Å². The summed E-state index contributed by atoms with van der Waals surface area (Å²) in [6.07, 6.45) is 0.818. The first-order valence-electron chi connectivity index (χ1n) is 8.02. The normalized spacial score (nSPS) is 10.7. The Morgan fingerprint density at radius 2 is 1.96 bits per heavy atom. The van der Waals surface area contributed by atoms with Crippen LogP contribution >= 0.6 is 0 Å². The van der Waals surface area contributed by atoms with Gasteiger partial charge in [-0.2, -0.15) is 0 Å². The molecule has 0 atom stereocenters. The predicted octanol–water partition coefficient (Wildman–Crippen LogP) is 3.85. The van der Waals surface area contributed by atoms with Crippen LogP contribution in [0.15, 0.2) is 51.7 Å². The molecule has 0 amide bonds. The number of rotatable bonds is 6. The van der Waals surface area contributed by atoms with Gasteiger partial charge in [0.25, 0.3) is 0 Å². The minimum atomic E-state index is -0.539. The number of nitro benzene ring substituents is 1. The molecule has 0 spiro atoms. The highest BCUT2D eigenvalue weighted by atomic mass is 16.6. The van der Waals surface area contributed by atoms with E-state index in [-0.39, 0.29) is 18.0 Å². The van der Waals surface area contributed by atoms with E-state index in [1.165, 1.54) is 25.3 Å². The molecule has 134 valence electrons. The molecule has 0 fully saturated rings. The predicted molar refractivity (Wildman–Crippen MR) is 95.8 cm³/mol. The number of benzene rings is 2. The first-order valence-corrected chi connectivity index (χ1v) is 8.02. The number of methoxy groups -OCH3 is 1. The van der Waals surface area contributed by atoms with E-state index in [0.717, 1.165) is 17.4 Å². The molecule has 0 saturated heterocycles. The van der Waals surface area contributed by atoms with Crippen molar-refractivity contribution in [2.24, 2.45) is 0 Å². The van der Waals surface area contributed by atoms with Crippen molar-refractivity contribution in [3.05, 3.63) is 74.1 Å². The Bertz CT molecular complexity index is 1020. The molecule has 0 N–H and O–H groups in total. The fraction of sp³-hybridized carbons (Fsp3) is 0.211. The fourth-order valence-electron chi connectivity index (χ4n) is 2.66. The third kappa shape index (κ3) is 3.51. The van der Waals surface area contributed by atoms with Gasteiger partial charge in [0.2, 0.25) is 0 Å². The van der Waals surface area contributed by atoms with Crippen LogP contribution in [0.2, 0.25) is 0 Å². The van der Waals surface area contributed by atoms with E-state index < -0.39 is 10.5 Å². The summed E-state index contributed by atoms with van der Waals surface area (Å²) in [5.41, 5.74) is 1.42. The first-order chi connectivity index (χ1) is 12.5. The average molecular weight is 355 g/mol. The topological polar surface area (TPSA) is 91.8 Å². The Balaban J connectivity index is 1.95. The van der Waals surface area contributed by atoms with Crippen molar-refractivity contribution in [1.82, 2.24) is 0 Å². The van der Waals surface area contributed by atoms with Gasteiger partial charge in [-0.15, -0.1) is 0 Å². The van der Waals surface area contributed by atoms with Gasteiger partial charge in [-0.3, -0.25) is 10.1 Å². The van der Waals surface area contributed by atoms with Crippen LogP contribution in [-0.4, -0.2) is 12.0 Å². The highest BCUT2D eigenvalue weighted by Gasteiger charge is 2.17. The van der Waals surface area contributed by atoms with Crippen LogP contribution in [0, 0.1) is 10.1 Å². The maximum atomic E-state index is 11.8. The number of hydrogen-bond acceptors (Lipinski definition) is 6. The molecule has 0 aliphatic carbocycles. The number of fused-ring (bicyclic) bond motifs is 1. The Morgan fingerprint density at radius 3 is 2.65 bits per heavy atom. The van der Waals surface area contributed by atoms with Gasteiger partial charge in [0.15, 0.2) is 5.75 Å². The molecule has 7 nitrogen and oxygen atoms in total. The maximum Gasteiger partial charge on any atom is 0.336 e. The quantitative estimate of drug-likeness (QED) is 0.379. The minimum Gasteiger partial charge on any atom is -0.496 e. The van der Waals surface area contributed by atoms with Crippen LogP contribution in [0.4, 0.5) is 5.69 Å². The summed E-state index contributed by atoms with van der Waals surface area (Å²) in [7, 11) is 1.43. The van der Waals surface area contributed by atoms with Crippen LogP contribution in [0.25, 0.3) is 11.0 Å². The molecule has 0 aliphatic heterocycles. The monoisotopic (exact) mass is 355 g/mol. The molecule has 2 aromatic carbocycles. The van der Waals surface area contributed by atoms with Crippen molar-refractivity contribution in [2.45, 2.75) is 20.0 Å². The SMILES string of the molecule is CCc1ccc2c(COc3ccc(OC)cc3[N+](=O)[O-])cc(=O)oc2c1. The molecule has 0 unspecified atom stereocenters. The summed E-state index contributed by atoms with van der Waals surface area (Å²) in [4.78, 5) is 22.5. The van der Waals surface area contributed by atoms with E-state index in [1.807, 2.05) is 25.1 Å². The second-order valence-corrected chi connectivity index (χ2v) is 5.65. The second kappa shape index (κ2) is 7.26. The van der Waals surface area contributed by atoms with E-state index in [4.69, 9.17) is 13.9 Å². The zero-order valence-electron chi connectivity index (χ0n) is 14.4. The lowest BCUT2D eigenvalue weighted by molar-refractivity contribution is -0.386. The van der Waals surface area contributed by atoms with Crippen LogP contribution in [0.3, 0.4) is 0 Å². The molecule has 1 heterocycles. The zero-order valence-corrected chi connectivity index (χ0v) is 14.4. The lowest BCUT2D eigenvalue weighted by atomic mass is 10.1. The summed E-state index contributed by atoms with van der Waals surface area (Å²) in [6, 6.07) is 11.3. The molecule has 3 rings (SSSR count). The standard InChI is InChI=1S/C19H17NO6/c1-3-12-4-6-15-13(9-19(21)26-18(15)8-12)11-25-17-7-5-14(24-2)10-16(17)20(22)23/h4-10H,3,11H2,1-2H3. The van der Waals surface area contributed by atoms with Gasteiger partial charge in [-0.25, -0.2) is 4.79 Å². The van der Waals surface area contributed by atoms with Crippen LogP contribution in [-0.2, 0) is 13.0 Å². The van der Waals surface area contributed by atoms with E-state index in [1.54, 1.807) is 6.07 Å². The van der Waals surface area contributed by atoms with E-state index in [9.17, 15) is 14.9 Å². The van der Waals surface area contributed by atoms with Crippen LogP contribution < -0.4 is 15.1 Å². The van der Waals surface area contributed by atoms with Gasteiger partial charge in [0.1, 0.15) is 17.9 Å². The van der Waals surface area contributed by atoms with Crippen molar-refractivity contribution in [3.8, 4) is 11.5 Å². The van der Waals surface area contributed by atoms with Gasteiger partial charge < -0.3 is 13.9 Å². The van der Waals surface area contributed by atoms with Crippen molar-refractivity contribution >= 4 is 16.7 Å². The van der Waals surface area contributed by atoms with Crippen molar-refractivity contribution in [1.29, 1.82) is 0 Å². The fourth-order valence-corrected chi connectivity index (χ4v) is 2.66. The number of aryl methyl sites for hydroxylation is 1. The molecular formula is C19H17NO6. The highest BCUT2D eigenvalue weighted by molar-refractivity contribution is 5.80. The van der Waals surface area contributed by atoms with Crippen molar-refractivity contribution in [3.63, 3.8) is 0 Å². The smallest absolute Gasteiger partial charge is 0.336 e. The Labute approximate surface area is 148 Å². The summed E-state index contributed by atoms with van der Waals surface area (Å²) in [5, 5.41) is 12.0. The van der Waals surface area contributed by atoms with Gasteiger partial charge >= 0.3 is 11.3 Å². The Kier molecular flexibility index (Phi) is 4.88. The summed E-state index contributed by atoms with van der Waals surface area (Å²) >= 11 is 0. The Hall–Kier alpha value is -3.35. The van der Waals surface area contributed by atoms with Gasteiger partial charge in [0.05, 0.1) is 18.1 Å². The molecule has 7 heteroatoms. The van der Waals surface area contributed by atoms with Crippen LogP contribution in [0.1, 0.15) is 18.1 Å². The first kappa shape index (κ1) is 17.5. The second-order valence-electron chi connectivity index (χ2n) is 5.65. The van der Waals surface area contributed by atoms with E-state index >= 15 is 0 Å². The third-order valence-corrected chi connectivity index (χ3v) is 4.05. The van der Waals surface area contributed by atoms with Gasteiger partial charge in [0, 0.05) is 17.0 Å². The van der Waals surface area contributed by atoms with E-state index in [2.05, 4.69) is 0 Å². The molecule has 26 heavy (non-hydrogen) atoms. The molecule has 0 radical (unpaired) electrons. The number of nitrogens with zero attached hydrogens (tertiary/aromatic N) is 1. The van der Waals surface area contributed by atoms with E-state index in [0.29, 0.717) is 16.9 Å². The number of hydrogen-bond donors (Lipinski definition) is 0. The van der Waals surface area contributed by atoms with Crippen molar-refractivity contribution < 1.29 is 18.8 Å². The average Bonchev–Trinajstić information content (AvgIpc) is 2.65. The molecule has 1 aromatic heterocycles. The summed E-state index contributed by atoms with van der Waals surface area (Å²) in [6.45, 7) is 2.01. The summed E-state index contributed by atoms with van der Waals surface area (Å²) in [5.74, 6) is 0.462. The van der Waals surface area contributed by atoms with Gasteiger partial charge in [-0.05, 0) is 30.2 Å². The number of ether oxygens (including phenoxy) is 2. The zero-order chi connectivity index (χ0) is 18.7.